The predicted octanol–water partition coefficient (Wildman–Crippen LogP) is 4.81. The molecule has 0 heterocycles. The third kappa shape index (κ3) is 5.76. The average molecular weight is 300 g/mol. The van der Waals surface area contributed by atoms with E-state index in [1.807, 2.05) is 55.4 Å². The second kappa shape index (κ2) is 8.41. The second-order valence-corrected chi connectivity index (χ2v) is 7.48. The molecule has 0 rings (SSSR count). The Bertz CT molecular complexity index is 491. The van der Waals surface area contributed by atoms with Crippen molar-refractivity contribution in [1.82, 2.24) is 0 Å². The van der Waals surface area contributed by atoms with Crippen LogP contribution in [0.4, 0.5) is 0 Å². The normalized spacial score (nSPS) is 14.0. The molecule has 0 aromatic heterocycles. The van der Waals surface area contributed by atoms with Gasteiger partial charge in [0, 0.05) is 18.3 Å². The number of rotatable bonds is 4. The van der Waals surface area contributed by atoms with Crippen molar-refractivity contribution in [3.05, 3.63) is 0 Å². The van der Waals surface area contributed by atoms with Gasteiger partial charge in [0.1, 0.15) is 0 Å². The Morgan fingerprint density at radius 3 is 1.36 bits per heavy atom. The molecular formula is C18H28N4. The highest BCUT2D eigenvalue weighted by Gasteiger charge is 2.36. The molecule has 120 valence electrons. The molecule has 0 N–H and O–H groups in total. The third-order valence-electron chi connectivity index (χ3n) is 5.11. The van der Waals surface area contributed by atoms with E-state index in [4.69, 9.17) is 21.0 Å². The Hall–Kier alpha value is -2.04. The molecule has 22 heavy (non-hydrogen) atoms. The summed E-state index contributed by atoms with van der Waals surface area (Å²) < 4.78 is 0. The number of hydrogen-bond donors (Lipinski definition) is 0. The van der Waals surface area contributed by atoms with Crippen LogP contribution in [0.15, 0.2) is 0 Å². The van der Waals surface area contributed by atoms with Crippen LogP contribution in [0, 0.1) is 73.4 Å². The zero-order valence-electron chi connectivity index (χ0n) is 15.2. The van der Waals surface area contributed by atoms with Crippen LogP contribution >= 0.6 is 0 Å². The maximum Gasteiger partial charge on any atom is 0.0689 e. The molecule has 0 aliphatic heterocycles. The van der Waals surface area contributed by atoms with E-state index in [-0.39, 0.29) is 22.7 Å². The van der Waals surface area contributed by atoms with E-state index in [0.717, 1.165) is 0 Å². The zero-order valence-corrected chi connectivity index (χ0v) is 15.2. The highest BCUT2D eigenvalue weighted by Crippen LogP contribution is 2.40. The minimum atomic E-state index is -0.428. The van der Waals surface area contributed by atoms with Gasteiger partial charge in [0.05, 0.1) is 29.7 Å². The summed E-state index contributed by atoms with van der Waals surface area (Å²) in [5.74, 6) is -0.144. The van der Waals surface area contributed by atoms with Gasteiger partial charge in [0.25, 0.3) is 0 Å². The lowest BCUT2D eigenvalue weighted by Crippen LogP contribution is -2.30. The van der Waals surface area contributed by atoms with Gasteiger partial charge in [-0.05, 0) is 38.5 Å². The zero-order chi connectivity index (χ0) is 18.2. The van der Waals surface area contributed by atoms with Crippen LogP contribution in [0.25, 0.3) is 0 Å². The molecule has 4 nitrogen and oxygen atoms in total. The number of nitriles is 4. The fourth-order valence-corrected chi connectivity index (χ4v) is 1.28. The minimum Gasteiger partial charge on any atom is -0.198 e. The van der Waals surface area contributed by atoms with Gasteiger partial charge < -0.3 is 0 Å². The molecule has 0 fully saturated rings. The second-order valence-electron chi connectivity index (χ2n) is 7.48. The van der Waals surface area contributed by atoms with E-state index in [1.54, 1.807) is 0 Å². The van der Waals surface area contributed by atoms with Crippen LogP contribution in [0.2, 0.25) is 0 Å². The summed E-state index contributed by atoms with van der Waals surface area (Å²) in [7, 11) is 0. The standard InChI is InChI=1S/2C9H14N2/c1-7(5-10)9(3,4)8(2)6-11;1-8(2,5-6-10)9(3,4)7-11/h7-8H,1-4H3;5H2,1-4H3. The fraction of sp³-hybridized carbons (Fsp3) is 0.778. The fourth-order valence-electron chi connectivity index (χ4n) is 1.28. The topological polar surface area (TPSA) is 95.2 Å². The maximum atomic E-state index is 8.80. The van der Waals surface area contributed by atoms with Crippen molar-refractivity contribution >= 4 is 0 Å². The van der Waals surface area contributed by atoms with Crippen LogP contribution in [0.1, 0.15) is 61.8 Å². The third-order valence-corrected chi connectivity index (χ3v) is 5.11. The smallest absolute Gasteiger partial charge is 0.0689 e. The molecule has 0 aromatic carbocycles. The molecule has 2 unspecified atom stereocenters. The molecule has 0 saturated carbocycles. The quantitative estimate of drug-likeness (QED) is 0.744. The summed E-state index contributed by atoms with van der Waals surface area (Å²) in [6.07, 6.45) is 0.424. The van der Waals surface area contributed by atoms with Gasteiger partial charge in [0.2, 0.25) is 0 Å². The van der Waals surface area contributed by atoms with Crippen LogP contribution < -0.4 is 0 Å². The van der Waals surface area contributed by atoms with Gasteiger partial charge in [-0.15, -0.1) is 0 Å². The molecule has 4 heteroatoms. The van der Waals surface area contributed by atoms with Gasteiger partial charge in [-0.2, -0.15) is 21.0 Å². The van der Waals surface area contributed by atoms with Crippen molar-refractivity contribution in [1.29, 1.82) is 21.0 Å². The predicted molar refractivity (Wildman–Crippen MR) is 86.7 cm³/mol. The summed E-state index contributed by atoms with van der Waals surface area (Å²) in [6.45, 7) is 15.2. The summed E-state index contributed by atoms with van der Waals surface area (Å²) >= 11 is 0. The van der Waals surface area contributed by atoms with E-state index in [2.05, 4.69) is 24.3 Å². The average Bonchev–Trinajstić information content (AvgIpc) is 2.45. The van der Waals surface area contributed by atoms with Crippen molar-refractivity contribution in [2.45, 2.75) is 61.8 Å². The molecule has 0 spiro atoms. The Balaban J connectivity index is 0. The molecule has 0 bridgehead atoms. The number of hydrogen-bond acceptors (Lipinski definition) is 4. The van der Waals surface area contributed by atoms with Crippen molar-refractivity contribution in [2.75, 3.05) is 0 Å². The van der Waals surface area contributed by atoms with E-state index in [1.165, 1.54) is 0 Å². The molecule has 0 aromatic rings. The largest absolute Gasteiger partial charge is 0.198 e. The molecule has 0 amide bonds. The summed E-state index contributed by atoms with van der Waals surface area (Å²) in [4.78, 5) is 0. The van der Waals surface area contributed by atoms with Crippen molar-refractivity contribution in [3.8, 4) is 24.3 Å². The first kappa shape index (κ1) is 22.2. The van der Waals surface area contributed by atoms with Gasteiger partial charge in [0.15, 0.2) is 0 Å². The monoisotopic (exact) mass is 300 g/mol. The minimum absolute atomic E-state index is 0.0721. The molecular weight excluding hydrogens is 272 g/mol. The summed E-state index contributed by atoms with van der Waals surface area (Å²) in [6, 6.07) is 8.65. The van der Waals surface area contributed by atoms with E-state index < -0.39 is 5.41 Å². The van der Waals surface area contributed by atoms with Crippen molar-refractivity contribution in [2.24, 2.45) is 28.1 Å². The molecule has 0 aliphatic carbocycles. The first-order chi connectivity index (χ1) is 9.83. The molecule has 0 saturated heterocycles. The van der Waals surface area contributed by atoms with Gasteiger partial charge in [-0.1, -0.05) is 27.7 Å². The first-order valence-corrected chi connectivity index (χ1v) is 7.41. The Morgan fingerprint density at radius 2 is 1.14 bits per heavy atom. The van der Waals surface area contributed by atoms with Gasteiger partial charge >= 0.3 is 0 Å². The molecule has 0 aliphatic rings. The van der Waals surface area contributed by atoms with Gasteiger partial charge in [-0.25, -0.2) is 0 Å². The van der Waals surface area contributed by atoms with E-state index >= 15 is 0 Å². The van der Waals surface area contributed by atoms with Crippen LogP contribution in [-0.2, 0) is 0 Å². The van der Waals surface area contributed by atoms with Crippen molar-refractivity contribution in [3.63, 3.8) is 0 Å². The molecule has 2 atom stereocenters. The Labute approximate surface area is 136 Å². The Morgan fingerprint density at radius 1 is 0.773 bits per heavy atom. The van der Waals surface area contributed by atoms with Crippen LogP contribution in [0.3, 0.4) is 0 Å². The number of nitrogens with zero attached hydrogens (tertiary/aromatic N) is 4. The molecule has 0 radical (unpaired) electrons. The summed E-state index contributed by atoms with van der Waals surface area (Å²) in [5.41, 5.74) is -0.858. The van der Waals surface area contributed by atoms with Crippen LogP contribution in [-0.4, -0.2) is 0 Å². The van der Waals surface area contributed by atoms with E-state index in [0.29, 0.717) is 6.42 Å². The lowest BCUT2D eigenvalue weighted by atomic mass is 9.67. The van der Waals surface area contributed by atoms with Gasteiger partial charge in [-0.3, -0.25) is 0 Å². The summed E-state index contributed by atoms with van der Waals surface area (Å²) in [5, 5.41) is 34.6. The van der Waals surface area contributed by atoms with E-state index in [9.17, 15) is 0 Å². The van der Waals surface area contributed by atoms with Crippen molar-refractivity contribution < 1.29 is 0 Å². The lowest BCUT2D eigenvalue weighted by molar-refractivity contribution is 0.180. The first-order valence-electron chi connectivity index (χ1n) is 7.41. The van der Waals surface area contributed by atoms with Crippen LogP contribution in [0.5, 0.6) is 0 Å². The maximum absolute atomic E-state index is 8.80. The highest BCUT2D eigenvalue weighted by molar-refractivity contribution is 5.04. The Kier molecular flexibility index (Phi) is 8.51. The lowest BCUT2D eigenvalue weighted by Gasteiger charge is -2.33. The highest BCUT2D eigenvalue weighted by atomic mass is 14.4. The SMILES string of the molecule is CC(C#N)C(C)(C)C(C)C#N.CC(C)(C#N)C(C)(C)CC#N.